The molecule has 1 heterocycles. The van der Waals surface area contributed by atoms with E-state index < -0.39 is 0 Å². The van der Waals surface area contributed by atoms with Gasteiger partial charge in [0.1, 0.15) is 17.8 Å². The topological polar surface area (TPSA) is 64.6 Å². The van der Waals surface area contributed by atoms with Gasteiger partial charge in [-0.1, -0.05) is 26.1 Å². The van der Waals surface area contributed by atoms with E-state index in [4.69, 9.17) is 21.7 Å². The van der Waals surface area contributed by atoms with E-state index in [1.54, 1.807) is 20.3 Å². The van der Waals surface area contributed by atoms with E-state index in [2.05, 4.69) is 19.2 Å². The summed E-state index contributed by atoms with van der Waals surface area (Å²) in [5.74, 6) is 1.26. The lowest BCUT2D eigenvalue weighted by atomic mass is 9.80. The van der Waals surface area contributed by atoms with Crippen molar-refractivity contribution in [2.24, 2.45) is 11.3 Å². The standard InChI is InChI=1S/C22H29NO4S/c1-22(2,11-12-24)10-9-15-5-6-16(13-20(25)23-21(15)28)18-8-7-17(26-3)14-19(18)27-4/h7-8,12-15H,5-6,9-11H2,1-4H3,(H,23,25,28). The van der Waals surface area contributed by atoms with Crippen LogP contribution >= 0.6 is 12.2 Å². The highest BCUT2D eigenvalue weighted by atomic mass is 32.1. The van der Waals surface area contributed by atoms with Gasteiger partial charge in [-0.2, -0.15) is 0 Å². The van der Waals surface area contributed by atoms with E-state index in [-0.39, 0.29) is 17.2 Å². The van der Waals surface area contributed by atoms with Gasteiger partial charge in [0.15, 0.2) is 0 Å². The van der Waals surface area contributed by atoms with Crippen LogP contribution in [0.4, 0.5) is 0 Å². The molecule has 1 atom stereocenters. The highest BCUT2D eigenvalue weighted by Crippen LogP contribution is 2.36. The number of amides is 1. The molecule has 1 aromatic carbocycles. The number of benzene rings is 1. The lowest BCUT2D eigenvalue weighted by Crippen LogP contribution is -2.35. The molecule has 6 heteroatoms. The zero-order chi connectivity index (χ0) is 20.7. The van der Waals surface area contributed by atoms with Gasteiger partial charge in [-0.25, -0.2) is 0 Å². The maximum absolute atomic E-state index is 12.4. The molecule has 28 heavy (non-hydrogen) atoms. The van der Waals surface area contributed by atoms with Gasteiger partial charge in [0, 0.05) is 30.0 Å². The summed E-state index contributed by atoms with van der Waals surface area (Å²) in [5, 5.41) is 2.84. The minimum absolute atomic E-state index is 0.0678. The number of hydrogen-bond acceptors (Lipinski definition) is 5. The molecule has 5 nitrogen and oxygen atoms in total. The number of carbonyl (C=O) groups excluding carboxylic acids is 2. The van der Waals surface area contributed by atoms with Gasteiger partial charge in [0.2, 0.25) is 5.91 Å². The first kappa shape index (κ1) is 22.1. The first-order valence-corrected chi connectivity index (χ1v) is 9.92. The van der Waals surface area contributed by atoms with Crippen LogP contribution in [0.5, 0.6) is 11.5 Å². The Morgan fingerprint density at radius 1 is 1.29 bits per heavy atom. The third-order valence-electron chi connectivity index (χ3n) is 5.24. The van der Waals surface area contributed by atoms with Crippen LogP contribution in [0.1, 0.15) is 51.5 Å². The molecular formula is C22H29NO4S. The van der Waals surface area contributed by atoms with Crippen LogP contribution in [0.3, 0.4) is 0 Å². The predicted molar refractivity (Wildman–Crippen MR) is 115 cm³/mol. The molecule has 152 valence electrons. The summed E-state index contributed by atoms with van der Waals surface area (Å²) in [7, 11) is 3.21. The van der Waals surface area contributed by atoms with Crippen molar-refractivity contribution >= 4 is 35.0 Å². The van der Waals surface area contributed by atoms with Crippen molar-refractivity contribution in [3.05, 3.63) is 29.8 Å². The molecule has 0 aliphatic carbocycles. The zero-order valence-corrected chi connectivity index (χ0v) is 17.9. The Labute approximate surface area is 172 Å². The van der Waals surface area contributed by atoms with E-state index in [0.29, 0.717) is 22.9 Å². The van der Waals surface area contributed by atoms with Crippen molar-refractivity contribution in [2.75, 3.05) is 14.2 Å². The number of aldehydes is 1. The highest BCUT2D eigenvalue weighted by molar-refractivity contribution is 7.80. The summed E-state index contributed by atoms with van der Waals surface area (Å²) < 4.78 is 10.8. The largest absolute Gasteiger partial charge is 0.497 e. The number of ether oxygens (including phenoxy) is 2. The van der Waals surface area contributed by atoms with Crippen molar-refractivity contribution in [2.45, 2.75) is 46.0 Å². The molecule has 2 rings (SSSR count). The number of carbonyl (C=O) groups is 2. The van der Waals surface area contributed by atoms with Crippen molar-refractivity contribution in [1.29, 1.82) is 0 Å². The lowest BCUT2D eigenvalue weighted by molar-refractivity contribution is -0.115. The maximum Gasteiger partial charge on any atom is 0.249 e. The molecular weight excluding hydrogens is 374 g/mol. The van der Waals surface area contributed by atoms with Gasteiger partial charge in [-0.15, -0.1) is 0 Å². The van der Waals surface area contributed by atoms with Crippen molar-refractivity contribution in [3.63, 3.8) is 0 Å². The molecule has 0 saturated carbocycles. The average Bonchev–Trinajstić information content (AvgIpc) is 2.64. The first-order chi connectivity index (χ1) is 13.3. The molecule has 1 N–H and O–H groups in total. The summed E-state index contributed by atoms with van der Waals surface area (Å²) in [5.41, 5.74) is 1.73. The van der Waals surface area contributed by atoms with Crippen molar-refractivity contribution in [3.8, 4) is 11.5 Å². The molecule has 0 spiro atoms. The summed E-state index contributed by atoms with van der Waals surface area (Å²) in [6.45, 7) is 4.17. The third kappa shape index (κ3) is 5.89. The van der Waals surface area contributed by atoms with Gasteiger partial charge in [-0.3, -0.25) is 4.79 Å². The van der Waals surface area contributed by atoms with Crippen LogP contribution in [-0.4, -0.2) is 31.4 Å². The Balaban J connectivity index is 2.21. The Kier molecular flexibility index (Phi) is 7.75. The summed E-state index contributed by atoms with van der Waals surface area (Å²) in [6, 6.07) is 5.59. The van der Waals surface area contributed by atoms with E-state index in [9.17, 15) is 9.59 Å². The number of hydrogen-bond donors (Lipinski definition) is 1. The minimum Gasteiger partial charge on any atom is -0.497 e. The summed E-state index contributed by atoms with van der Waals surface area (Å²) >= 11 is 5.47. The van der Waals surface area contributed by atoms with Crippen LogP contribution in [0.25, 0.3) is 5.57 Å². The van der Waals surface area contributed by atoms with Crippen LogP contribution < -0.4 is 14.8 Å². The van der Waals surface area contributed by atoms with Gasteiger partial charge in [0.25, 0.3) is 0 Å². The molecule has 1 aliphatic rings. The van der Waals surface area contributed by atoms with E-state index in [1.807, 2.05) is 18.2 Å². The SMILES string of the molecule is COc1ccc(C2=CC(=O)NC(=S)C(CCC(C)(C)CC=O)CC2)c(OC)c1. The summed E-state index contributed by atoms with van der Waals surface area (Å²) in [6.07, 6.45) is 6.35. The maximum atomic E-state index is 12.4. The second-order valence-corrected chi connectivity index (χ2v) is 8.34. The van der Waals surface area contributed by atoms with Crippen LogP contribution in [0.2, 0.25) is 0 Å². The van der Waals surface area contributed by atoms with Crippen molar-refractivity contribution in [1.82, 2.24) is 5.32 Å². The number of rotatable bonds is 8. The number of methoxy groups -OCH3 is 2. The van der Waals surface area contributed by atoms with Gasteiger partial charge in [0.05, 0.1) is 19.2 Å². The molecule has 1 unspecified atom stereocenters. The Bertz CT molecular complexity index is 770. The molecule has 1 aromatic rings. The number of allylic oxidation sites excluding steroid dienone is 1. The number of thiocarbonyl (C=S) groups is 1. The van der Waals surface area contributed by atoms with Gasteiger partial charge < -0.3 is 19.6 Å². The smallest absolute Gasteiger partial charge is 0.249 e. The normalized spacial score (nSPS) is 17.9. The van der Waals surface area contributed by atoms with Crippen LogP contribution in [-0.2, 0) is 9.59 Å². The van der Waals surface area contributed by atoms with E-state index in [1.165, 1.54) is 0 Å². The molecule has 1 amide bonds. The fraction of sp³-hybridized carbons (Fsp3) is 0.500. The molecule has 1 aliphatic heterocycles. The van der Waals surface area contributed by atoms with E-state index >= 15 is 0 Å². The zero-order valence-electron chi connectivity index (χ0n) is 17.0. The second kappa shape index (κ2) is 9.82. The summed E-state index contributed by atoms with van der Waals surface area (Å²) in [4.78, 5) is 23.9. The fourth-order valence-corrected chi connectivity index (χ4v) is 3.73. The monoisotopic (exact) mass is 403 g/mol. The molecule has 0 bridgehead atoms. The van der Waals surface area contributed by atoms with E-state index in [0.717, 1.165) is 43.1 Å². The Morgan fingerprint density at radius 2 is 2.04 bits per heavy atom. The Hall–Kier alpha value is -2.21. The number of nitrogens with one attached hydrogen (secondary N) is 1. The average molecular weight is 404 g/mol. The second-order valence-electron chi connectivity index (χ2n) is 7.90. The highest BCUT2D eigenvalue weighted by Gasteiger charge is 2.25. The minimum atomic E-state index is -0.213. The molecule has 0 radical (unpaired) electrons. The Morgan fingerprint density at radius 3 is 2.68 bits per heavy atom. The van der Waals surface area contributed by atoms with Crippen LogP contribution in [0.15, 0.2) is 24.3 Å². The molecule has 0 saturated heterocycles. The molecule has 0 fully saturated rings. The van der Waals surface area contributed by atoms with Gasteiger partial charge in [-0.05, 0) is 48.8 Å². The fourth-order valence-electron chi connectivity index (χ4n) is 3.40. The van der Waals surface area contributed by atoms with Crippen molar-refractivity contribution < 1.29 is 19.1 Å². The van der Waals surface area contributed by atoms with Gasteiger partial charge >= 0.3 is 0 Å². The van der Waals surface area contributed by atoms with Crippen LogP contribution in [0, 0.1) is 11.3 Å². The molecule has 0 aromatic heterocycles. The predicted octanol–water partition coefficient (Wildman–Crippen LogP) is 4.34. The first-order valence-electron chi connectivity index (χ1n) is 9.51. The lowest BCUT2D eigenvalue weighted by Gasteiger charge is -2.27. The third-order valence-corrected chi connectivity index (χ3v) is 5.68. The quantitative estimate of drug-likeness (QED) is 0.517.